The van der Waals surface area contributed by atoms with E-state index in [9.17, 15) is 9.59 Å². The van der Waals surface area contributed by atoms with Gasteiger partial charge in [-0.25, -0.2) is 0 Å². The predicted molar refractivity (Wildman–Crippen MR) is 117 cm³/mol. The van der Waals surface area contributed by atoms with Crippen LogP contribution in [0.5, 0.6) is 5.75 Å². The summed E-state index contributed by atoms with van der Waals surface area (Å²) in [6, 6.07) is 14.6. The van der Waals surface area contributed by atoms with Gasteiger partial charge < -0.3 is 20.3 Å². The second-order valence-electron chi connectivity index (χ2n) is 7.70. The van der Waals surface area contributed by atoms with Gasteiger partial charge in [-0.05, 0) is 68.7 Å². The maximum absolute atomic E-state index is 12.5. The molecule has 0 bridgehead atoms. The van der Waals surface area contributed by atoms with Crippen LogP contribution in [0.25, 0.3) is 6.08 Å². The van der Waals surface area contributed by atoms with E-state index < -0.39 is 0 Å². The van der Waals surface area contributed by atoms with E-state index in [0.717, 1.165) is 18.5 Å². The molecule has 2 aliphatic rings. The highest BCUT2D eigenvalue weighted by Crippen LogP contribution is 2.32. The van der Waals surface area contributed by atoms with Gasteiger partial charge >= 0.3 is 0 Å². The molecule has 2 amide bonds. The van der Waals surface area contributed by atoms with E-state index in [1.807, 2.05) is 30.3 Å². The summed E-state index contributed by atoms with van der Waals surface area (Å²) in [6.07, 6.45) is 6.51. The molecule has 0 radical (unpaired) electrons. The molecule has 0 saturated carbocycles. The number of amides is 2. The summed E-state index contributed by atoms with van der Waals surface area (Å²) in [7, 11) is 0. The highest BCUT2D eigenvalue weighted by Gasteiger charge is 2.23. The monoisotopic (exact) mass is 405 g/mol. The smallest absolute Gasteiger partial charge is 0.291 e. The number of hydrogen-bond acceptors (Lipinski definition) is 4. The predicted octanol–water partition coefficient (Wildman–Crippen LogP) is 3.66. The average Bonchev–Trinajstić information content (AvgIpc) is 2.78. The first-order valence-electron chi connectivity index (χ1n) is 10.6. The van der Waals surface area contributed by atoms with Crippen molar-refractivity contribution >= 4 is 23.6 Å². The van der Waals surface area contributed by atoms with Gasteiger partial charge in [0.25, 0.3) is 11.8 Å². The van der Waals surface area contributed by atoms with E-state index >= 15 is 0 Å². The number of rotatable bonds is 6. The lowest BCUT2D eigenvalue weighted by Crippen LogP contribution is -2.33. The number of nitrogens with one attached hydrogen (secondary N) is 2. The van der Waals surface area contributed by atoms with Crippen molar-refractivity contribution in [2.75, 3.05) is 31.5 Å². The number of ether oxygens (including phenoxy) is 1. The van der Waals surface area contributed by atoms with E-state index in [0.29, 0.717) is 23.5 Å². The van der Waals surface area contributed by atoms with Crippen molar-refractivity contribution < 1.29 is 14.3 Å². The van der Waals surface area contributed by atoms with E-state index in [-0.39, 0.29) is 17.6 Å². The summed E-state index contributed by atoms with van der Waals surface area (Å²) in [5.74, 6) is 0.281. The Morgan fingerprint density at radius 1 is 1.10 bits per heavy atom. The molecule has 4 rings (SSSR count). The van der Waals surface area contributed by atoms with Gasteiger partial charge in [0.15, 0.2) is 11.5 Å². The SMILES string of the molecule is O=C1Nc2cc(C(=O)NCCCN3CCCCC3)ccc2O/C1=C\c1ccccc1. The lowest BCUT2D eigenvalue weighted by molar-refractivity contribution is -0.115. The molecule has 0 spiro atoms. The molecule has 0 unspecified atom stereocenters. The first kappa shape index (κ1) is 20.2. The average molecular weight is 405 g/mol. The molecule has 0 aromatic heterocycles. The Hall–Kier alpha value is -3.12. The third-order valence-corrected chi connectivity index (χ3v) is 5.42. The molecule has 1 fully saturated rings. The molecular weight excluding hydrogens is 378 g/mol. The summed E-state index contributed by atoms with van der Waals surface area (Å²) in [4.78, 5) is 27.3. The lowest BCUT2D eigenvalue weighted by Gasteiger charge is -2.26. The molecule has 30 heavy (non-hydrogen) atoms. The minimum atomic E-state index is -0.328. The van der Waals surface area contributed by atoms with Gasteiger partial charge in [-0.2, -0.15) is 0 Å². The fraction of sp³-hybridized carbons (Fsp3) is 0.333. The number of anilines is 1. The van der Waals surface area contributed by atoms with Crippen molar-refractivity contribution in [2.45, 2.75) is 25.7 Å². The van der Waals surface area contributed by atoms with Crippen molar-refractivity contribution in [2.24, 2.45) is 0 Å². The van der Waals surface area contributed by atoms with Crippen LogP contribution < -0.4 is 15.4 Å². The van der Waals surface area contributed by atoms with Gasteiger partial charge in [-0.15, -0.1) is 0 Å². The van der Waals surface area contributed by atoms with Gasteiger partial charge in [0.05, 0.1) is 5.69 Å². The molecule has 0 aliphatic carbocycles. The van der Waals surface area contributed by atoms with Gasteiger partial charge in [0.1, 0.15) is 0 Å². The Morgan fingerprint density at radius 2 is 1.90 bits per heavy atom. The maximum atomic E-state index is 12.5. The van der Waals surface area contributed by atoms with Crippen molar-refractivity contribution in [3.05, 3.63) is 65.4 Å². The van der Waals surface area contributed by atoms with E-state index in [4.69, 9.17) is 4.74 Å². The van der Waals surface area contributed by atoms with E-state index in [1.165, 1.54) is 32.4 Å². The number of benzene rings is 2. The second-order valence-corrected chi connectivity index (χ2v) is 7.70. The van der Waals surface area contributed by atoms with Gasteiger partial charge in [-0.1, -0.05) is 36.8 Å². The molecule has 2 N–H and O–H groups in total. The molecule has 6 heteroatoms. The minimum Gasteiger partial charge on any atom is -0.449 e. The molecular formula is C24H27N3O3. The quantitative estimate of drug-likeness (QED) is 0.568. The molecule has 6 nitrogen and oxygen atoms in total. The Morgan fingerprint density at radius 3 is 2.70 bits per heavy atom. The molecule has 2 heterocycles. The zero-order valence-corrected chi connectivity index (χ0v) is 17.0. The van der Waals surface area contributed by atoms with Crippen LogP contribution in [0, 0.1) is 0 Å². The fourth-order valence-electron chi connectivity index (χ4n) is 3.79. The number of fused-ring (bicyclic) bond motifs is 1. The number of nitrogens with zero attached hydrogens (tertiary/aromatic N) is 1. The number of carbonyl (C=O) groups is 2. The molecule has 2 aliphatic heterocycles. The van der Waals surface area contributed by atoms with Crippen molar-refractivity contribution in [3.63, 3.8) is 0 Å². The van der Waals surface area contributed by atoms with Crippen molar-refractivity contribution in [1.29, 1.82) is 0 Å². The summed E-state index contributed by atoms with van der Waals surface area (Å²) in [5.41, 5.74) is 1.89. The highest BCUT2D eigenvalue weighted by atomic mass is 16.5. The number of carbonyl (C=O) groups excluding carboxylic acids is 2. The lowest BCUT2D eigenvalue weighted by atomic mass is 10.1. The van der Waals surface area contributed by atoms with Gasteiger partial charge in [0, 0.05) is 12.1 Å². The summed E-state index contributed by atoms with van der Waals surface area (Å²) in [6.45, 7) is 3.99. The largest absolute Gasteiger partial charge is 0.449 e. The number of likely N-dealkylation sites (tertiary alicyclic amines) is 1. The van der Waals surface area contributed by atoms with Crippen molar-refractivity contribution in [3.8, 4) is 5.75 Å². The third kappa shape index (κ3) is 5.07. The van der Waals surface area contributed by atoms with Crippen LogP contribution in [0.1, 0.15) is 41.6 Å². The summed E-state index contributed by atoms with van der Waals surface area (Å²) < 4.78 is 5.76. The molecule has 1 saturated heterocycles. The van der Waals surface area contributed by atoms with Crippen LogP contribution >= 0.6 is 0 Å². The normalized spacial score (nSPS) is 17.7. The molecule has 0 atom stereocenters. The van der Waals surface area contributed by atoms with Crippen LogP contribution in [0.2, 0.25) is 0 Å². The fourth-order valence-corrected chi connectivity index (χ4v) is 3.79. The van der Waals surface area contributed by atoms with E-state index in [2.05, 4.69) is 15.5 Å². The van der Waals surface area contributed by atoms with Crippen LogP contribution in [0.4, 0.5) is 5.69 Å². The Kier molecular flexibility index (Phi) is 6.44. The Labute approximate surface area is 176 Å². The Bertz CT molecular complexity index is 934. The molecule has 2 aromatic rings. The zero-order chi connectivity index (χ0) is 20.8. The standard InChI is InChI=1S/C24H27N3O3/c28-23(25-12-7-15-27-13-5-2-6-14-27)19-10-11-21-20(17-19)26-24(29)22(30-21)16-18-8-3-1-4-9-18/h1,3-4,8-11,16-17H,2,5-7,12-15H2,(H,25,28)(H,26,29)/b22-16-. The first-order valence-corrected chi connectivity index (χ1v) is 10.6. The maximum Gasteiger partial charge on any atom is 0.291 e. The summed E-state index contributed by atoms with van der Waals surface area (Å²) in [5, 5.41) is 5.78. The van der Waals surface area contributed by atoms with Gasteiger partial charge in [-0.3, -0.25) is 9.59 Å². The zero-order valence-electron chi connectivity index (χ0n) is 17.0. The highest BCUT2D eigenvalue weighted by molar-refractivity contribution is 6.09. The summed E-state index contributed by atoms with van der Waals surface area (Å²) >= 11 is 0. The third-order valence-electron chi connectivity index (χ3n) is 5.42. The second kappa shape index (κ2) is 9.59. The van der Waals surface area contributed by atoms with Crippen molar-refractivity contribution in [1.82, 2.24) is 10.2 Å². The van der Waals surface area contributed by atoms with Crippen LogP contribution in [0.3, 0.4) is 0 Å². The van der Waals surface area contributed by atoms with Gasteiger partial charge in [0.2, 0.25) is 0 Å². The number of piperidine rings is 1. The van der Waals surface area contributed by atoms with Crippen LogP contribution in [-0.4, -0.2) is 42.9 Å². The molecule has 2 aromatic carbocycles. The minimum absolute atomic E-state index is 0.142. The Balaban J connectivity index is 1.34. The van der Waals surface area contributed by atoms with E-state index in [1.54, 1.807) is 24.3 Å². The first-order chi connectivity index (χ1) is 14.7. The topological polar surface area (TPSA) is 70.7 Å². The molecule has 156 valence electrons. The number of hydrogen-bond donors (Lipinski definition) is 2. The van der Waals surface area contributed by atoms with Crippen LogP contribution in [-0.2, 0) is 4.79 Å². The van der Waals surface area contributed by atoms with Crippen LogP contribution in [0.15, 0.2) is 54.3 Å².